The van der Waals surface area contributed by atoms with E-state index in [4.69, 9.17) is 9.47 Å². The van der Waals surface area contributed by atoms with Crippen molar-refractivity contribution in [3.8, 4) is 0 Å². The van der Waals surface area contributed by atoms with Crippen LogP contribution in [-0.2, 0) is 9.47 Å². The Balaban J connectivity index is 2.02. The number of hydrogen-bond acceptors (Lipinski definition) is 5. The zero-order valence-corrected chi connectivity index (χ0v) is 9.87. The highest BCUT2D eigenvalue weighted by atomic mass is 16.6. The van der Waals surface area contributed by atoms with E-state index in [2.05, 4.69) is 0 Å². The molecule has 0 amide bonds. The number of esters is 1. The van der Waals surface area contributed by atoms with Crippen LogP contribution < -0.4 is 0 Å². The van der Waals surface area contributed by atoms with Crippen molar-refractivity contribution in [1.82, 2.24) is 0 Å². The van der Waals surface area contributed by atoms with Crippen molar-refractivity contribution in [3.63, 3.8) is 0 Å². The van der Waals surface area contributed by atoms with Gasteiger partial charge in [0, 0.05) is 18.1 Å². The maximum absolute atomic E-state index is 11.8. The molecule has 1 fully saturated rings. The second-order valence-electron chi connectivity index (χ2n) is 4.26. The molecular formula is C12H13NO5. The number of rotatable bonds is 3. The van der Waals surface area contributed by atoms with E-state index in [1.165, 1.54) is 24.3 Å². The van der Waals surface area contributed by atoms with E-state index in [-0.39, 0.29) is 17.7 Å². The molecule has 2 atom stereocenters. The Kier molecular flexibility index (Phi) is 3.57. The van der Waals surface area contributed by atoms with Crippen molar-refractivity contribution >= 4 is 11.7 Å². The minimum atomic E-state index is -0.512. The molecule has 0 N–H and O–H groups in total. The number of hydrogen-bond donors (Lipinski definition) is 0. The van der Waals surface area contributed by atoms with Crippen molar-refractivity contribution in [3.05, 3.63) is 39.9 Å². The maximum Gasteiger partial charge on any atom is 0.338 e. The minimum Gasteiger partial charge on any atom is -0.456 e. The summed E-state index contributed by atoms with van der Waals surface area (Å²) < 4.78 is 10.5. The smallest absolute Gasteiger partial charge is 0.338 e. The van der Waals surface area contributed by atoms with Gasteiger partial charge in [0.25, 0.3) is 5.69 Å². The lowest BCUT2D eigenvalue weighted by Gasteiger charge is -2.14. The van der Waals surface area contributed by atoms with Crippen LogP contribution in [0.2, 0.25) is 0 Å². The molecule has 0 saturated carbocycles. The molecule has 6 nitrogen and oxygen atoms in total. The van der Waals surface area contributed by atoms with Crippen molar-refractivity contribution in [2.45, 2.75) is 13.0 Å². The number of benzene rings is 1. The van der Waals surface area contributed by atoms with Crippen LogP contribution in [0.3, 0.4) is 0 Å². The predicted molar refractivity (Wildman–Crippen MR) is 62.3 cm³/mol. The Labute approximate surface area is 104 Å². The minimum absolute atomic E-state index is 0.0517. The quantitative estimate of drug-likeness (QED) is 0.465. The van der Waals surface area contributed by atoms with E-state index in [0.29, 0.717) is 18.8 Å². The van der Waals surface area contributed by atoms with Crippen LogP contribution in [0.25, 0.3) is 0 Å². The van der Waals surface area contributed by atoms with Gasteiger partial charge in [0.1, 0.15) is 6.10 Å². The second kappa shape index (κ2) is 5.14. The van der Waals surface area contributed by atoms with E-state index in [9.17, 15) is 14.9 Å². The molecule has 0 aromatic heterocycles. The summed E-state index contributed by atoms with van der Waals surface area (Å²) in [6, 6.07) is 5.35. The highest BCUT2D eigenvalue weighted by molar-refractivity contribution is 5.89. The molecule has 2 unspecified atom stereocenters. The molecule has 1 aromatic carbocycles. The summed E-state index contributed by atoms with van der Waals surface area (Å²) >= 11 is 0. The van der Waals surface area contributed by atoms with Gasteiger partial charge in [0.2, 0.25) is 0 Å². The molecule has 1 heterocycles. The number of nitrogens with zero attached hydrogens (tertiary/aromatic N) is 1. The van der Waals surface area contributed by atoms with Crippen LogP contribution in [0, 0.1) is 16.0 Å². The summed E-state index contributed by atoms with van der Waals surface area (Å²) in [6.45, 7) is 2.93. The van der Waals surface area contributed by atoms with E-state index >= 15 is 0 Å². The molecule has 96 valence electrons. The van der Waals surface area contributed by atoms with Gasteiger partial charge in [-0.1, -0.05) is 6.92 Å². The Morgan fingerprint density at radius 3 is 2.56 bits per heavy atom. The first-order valence-corrected chi connectivity index (χ1v) is 5.61. The van der Waals surface area contributed by atoms with E-state index in [0.717, 1.165) is 0 Å². The number of nitro groups is 1. The maximum atomic E-state index is 11.8. The van der Waals surface area contributed by atoms with E-state index in [1.807, 2.05) is 6.92 Å². The monoisotopic (exact) mass is 251 g/mol. The van der Waals surface area contributed by atoms with Crippen LogP contribution in [-0.4, -0.2) is 30.2 Å². The van der Waals surface area contributed by atoms with Crippen LogP contribution in [0.5, 0.6) is 0 Å². The van der Waals surface area contributed by atoms with Gasteiger partial charge in [0.15, 0.2) is 0 Å². The third kappa shape index (κ3) is 2.65. The standard InChI is InChI=1S/C12H13NO5/c1-8-6-17-7-11(8)18-12(14)9-2-4-10(5-3-9)13(15)16/h2-5,8,11H,6-7H2,1H3. The lowest BCUT2D eigenvalue weighted by molar-refractivity contribution is -0.384. The lowest BCUT2D eigenvalue weighted by atomic mass is 10.1. The Morgan fingerprint density at radius 1 is 1.39 bits per heavy atom. The fourth-order valence-corrected chi connectivity index (χ4v) is 1.72. The Morgan fingerprint density at radius 2 is 2.06 bits per heavy atom. The Bertz CT molecular complexity index is 456. The molecule has 2 rings (SSSR count). The molecule has 1 aliphatic heterocycles. The first-order valence-electron chi connectivity index (χ1n) is 5.61. The van der Waals surface area contributed by atoms with Crippen LogP contribution in [0.4, 0.5) is 5.69 Å². The molecule has 0 aliphatic carbocycles. The number of ether oxygens (including phenoxy) is 2. The van der Waals surface area contributed by atoms with E-state index < -0.39 is 10.9 Å². The molecule has 0 radical (unpaired) electrons. The molecule has 1 aliphatic rings. The summed E-state index contributed by atoms with van der Waals surface area (Å²) in [5, 5.41) is 10.5. The molecule has 0 bridgehead atoms. The fourth-order valence-electron chi connectivity index (χ4n) is 1.72. The topological polar surface area (TPSA) is 78.7 Å². The second-order valence-corrected chi connectivity index (χ2v) is 4.26. The van der Waals surface area contributed by atoms with Gasteiger partial charge in [-0.3, -0.25) is 10.1 Å². The van der Waals surface area contributed by atoms with Gasteiger partial charge >= 0.3 is 5.97 Å². The third-order valence-corrected chi connectivity index (χ3v) is 2.87. The zero-order chi connectivity index (χ0) is 13.1. The number of non-ortho nitro benzene ring substituents is 1. The van der Waals surface area contributed by atoms with Crippen molar-refractivity contribution < 1.29 is 19.2 Å². The molecule has 1 aromatic rings. The molecule has 1 saturated heterocycles. The van der Waals surface area contributed by atoms with Gasteiger partial charge in [-0.25, -0.2) is 4.79 Å². The SMILES string of the molecule is CC1COCC1OC(=O)c1ccc([N+](=O)[O-])cc1. The van der Waals surface area contributed by atoms with Gasteiger partial charge in [-0.2, -0.15) is 0 Å². The first-order chi connectivity index (χ1) is 8.58. The van der Waals surface area contributed by atoms with Crippen molar-refractivity contribution in [1.29, 1.82) is 0 Å². The molecular weight excluding hydrogens is 238 g/mol. The van der Waals surface area contributed by atoms with Gasteiger partial charge in [0.05, 0.1) is 23.7 Å². The number of carbonyl (C=O) groups is 1. The largest absolute Gasteiger partial charge is 0.456 e. The molecule has 18 heavy (non-hydrogen) atoms. The first kappa shape index (κ1) is 12.5. The lowest BCUT2D eigenvalue weighted by Crippen LogP contribution is -2.23. The predicted octanol–water partition coefficient (Wildman–Crippen LogP) is 1.79. The average molecular weight is 251 g/mol. The normalized spacial score (nSPS) is 22.7. The number of carbonyl (C=O) groups excluding carboxylic acids is 1. The highest BCUT2D eigenvalue weighted by Crippen LogP contribution is 2.19. The fraction of sp³-hybridized carbons (Fsp3) is 0.417. The van der Waals surface area contributed by atoms with Crippen LogP contribution >= 0.6 is 0 Å². The van der Waals surface area contributed by atoms with E-state index in [1.54, 1.807) is 0 Å². The zero-order valence-electron chi connectivity index (χ0n) is 9.87. The third-order valence-electron chi connectivity index (χ3n) is 2.87. The number of nitro benzene ring substituents is 1. The van der Waals surface area contributed by atoms with Gasteiger partial charge in [-0.05, 0) is 12.1 Å². The summed E-state index contributed by atoms with van der Waals surface area (Å²) in [6.07, 6.45) is -0.243. The van der Waals surface area contributed by atoms with Gasteiger partial charge in [-0.15, -0.1) is 0 Å². The summed E-state index contributed by atoms with van der Waals surface area (Å²) in [5.74, 6) is -0.306. The Hall–Kier alpha value is -1.95. The summed E-state index contributed by atoms with van der Waals surface area (Å²) in [4.78, 5) is 21.7. The highest BCUT2D eigenvalue weighted by Gasteiger charge is 2.28. The average Bonchev–Trinajstić information content (AvgIpc) is 2.75. The molecule has 0 spiro atoms. The van der Waals surface area contributed by atoms with Crippen LogP contribution in [0.15, 0.2) is 24.3 Å². The van der Waals surface area contributed by atoms with Gasteiger partial charge < -0.3 is 9.47 Å². The van der Waals surface area contributed by atoms with Crippen molar-refractivity contribution in [2.24, 2.45) is 5.92 Å². The summed E-state index contributed by atoms with van der Waals surface area (Å²) in [5.41, 5.74) is 0.254. The summed E-state index contributed by atoms with van der Waals surface area (Å²) in [7, 11) is 0. The van der Waals surface area contributed by atoms with Crippen LogP contribution in [0.1, 0.15) is 17.3 Å². The van der Waals surface area contributed by atoms with Crippen molar-refractivity contribution in [2.75, 3.05) is 13.2 Å². The molecule has 6 heteroatoms.